The Morgan fingerprint density at radius 3 is 2.71 bits per heavy atom. The highest BCUT2D eigenvalue weighted by atomic mass is 32.1. The maximum atomic E-state index is 12.2. The van der Waals surface area contributed by atoms with E-state index < -0.39 is 24.5 Å². The summed E-state index contributed by atoms with van der Waals surface area (Å²) in [7, 11) is 0. The Labute approximate surface area is 140 Å². The summed E-state index contributed by atoms with van der Waals surface area (Å²) in [5.74, 6) is -1.16. The summed E-state index contributed by atoms with van der Waals surface area (Å²) in [6.07, 6.45) is 2.86. The molecule has 0 spiro atoms. The Morgan fingerprint density at radius 1 is 1.21 bits per heavy atom. The van der Waals surface area contributed by atoms with E-state index in [4.69, 9.17) is 0 Å². The van der Waals surface area contributed by atoms with Gasteiger partial charge in [-0.25, -0.2) is 9.97 Å². The van der Waals surface area contributed by atoms with Gasteiger partial charge in [0.1, 0.15) is 11.7 Å². The minimum atomic E-state index is -1.12. The number of aliphatic hydroxyl groups excluding tert-OH is 1. The number of aliphatic hydroxyl groups is 1. The first-order valence-corrected chi connectivity index (χ1v) is 7.89. The highest BCUT2D eigenvalue weighted by Gasteiger charge is 2.22. The van der Waals surface area contributed by atoms with Crippen LogP contribution < -0.4 is 10.6 Å². The van der Waals surface area contributed by atoms with E-state index in [0.717, 1.165) is 0 Å². The van der Waals surface area contributed by atoms with Gasteiger partial charge in [-0.2, -0.15) is 0 Å². The summed E-state index contributed by atoms with van der Waals surface area (Å²) in [5, 5.41) is 16.4. The third kappa shape index (κ3) is 3.53. The number of hydrogen-bond acceptors (Lipinski definition) is 7. The molecule has 3 aromatic rings. The Morgan fingerprint density at radius 2 is 2.00 bits per heavy atom. The fourth-order valence-corrected chi connectivity index (χ4v) is 2.50. The first-order chi connectivity index (χ1) is 11.7. The number of nitrogens with one attached hydrogen (secondary N) is 2. The highest BCUT2D eigenvalue weighted by Crippen LogP contribution is 2.11. The molecule has 1 unspecified atom stereocenters. The molecule has 0 aliphatic heterocycles. The van der Waals surface area contributed by atoms with Gasteiger partial charge in [0.25, 0.3) is 11.8 Å². The third-order valence-corrected chi connectivity index (χ3v) is 3.84. The van der Waals surface area contributed by atoms with Crippen LogP contribution in [0.3, 0.4) is 0 Å². The molecule has 0 bridgehead atoms. The van der Waals surface area contributed by atoms with E-state index in [1.54, 1.807) is 23.6 Å². The van der Waals surface area contributed by atoms with E-state index >= 15 is 0 Å². The number of thiazole rings is 1. The van der Waals surface area contributed by atoms with Crippen LogP contribution in [0.25, 0.3) is 11.0 Å². The van der Waals surface area contributed by atoms with Crippen molar-refractivity contribution in [2.75, 3.05) is 11.9 Å². The summed E-state index contributed by atoms with van der Waals surface area (Å²) in [6, 6.07) is 6.01. The maximum absolute atomic E-state index is 12.2. The average molecular weight is 343 g/mol. The molecule has 2 aromatic heterocycles. The summed E-state index contributed by atoms with van der Waals surface area (Å²) in [5.41, 5.74) is 1.29. The molecule has 3 rings (SSSR count). The predicted molar refractivity (Wildman–Crippen MR) is 88.6 cm³/mol. The molecular formula is C15H13N5O3S. The van der Waals surface area contributed by atoms with Gasteiger partial charge in [0.05, 0.1) is 23.8 Å². The normalized spacial score (nSPS) is 11.9. The molecule has 0 radical (unpaired) electrons. The number of fused-ring (bicyclic) bond motifs is 1. The molecule has 0 aliphatic carbocycles. The zero-order valence-corrected chi connectivity index (χ0v) is 13.2. The fraction of sp³-hybridized carbons (Fsp3) is 0.133. The van der Waals surface area contributed by atoms with Crippen LogP contribution in [-0.4, -0.2) is 44.5 Å². The van der Waals surface area contributed by atoms with Gasteiger partial charge in [0.2, 0.25) is 0 Å². The Hall–Kier alpha value is -2.91. The second kappa shape index (κ2) is 7.11. The van der Waals surface area contributed by atoms with Gasteiger partial charge in [-0.3, -0.25) is 14.6 Å². The highest BCUT2D eigenvalue weighted by molar-refractivity contribution is 7.13. The van der Waals surface area contributed by atoms with E-state index in [9.17, 15) is 14.7 Å². The van der Waals surface area contributed by atoms with Crippen molar-refractivity contribution in [2.45, 2.75) is 6.04 Å². The smallest absolute Gasteiger partial charge is 0.272 e. The number of carbonyl (C=O) groups is 2. The number of aromatic nitrogens is 3. The Balaban J connectivity index is 1.72. The largest absolute Gasteiger partial charge is 0.394 e. The van der Waals surface area contributed by atoms with Gasteiger partial charge in [-0.15, -0.1) is 11.3 Å². The van der Waals surface area contributed by atoms with E-state index in [0.29, 0.717) is 16.2 Å². The van der Waals surface area contributed by atoms with Crippen molar-refractivity contribution in [1.82, 2.24) is 20.3 Å². The first-order valence-electron chi connectivity index (χ1n) is 7.01. The SMILES string of the molecule is O=C(NC(CO)C(=O)Nc1nccs1)c1cnc2ccccc2n1. The number of hydrogen-bond donors (Lipinski definition) is 3. The monoisotopic (exact) mass is 343 g/mol. The number of rotatable bonds is 5. The van der Waals surface area contributed by atoms with E-state index in [1.807, 2.05) is 6.07 Å². The number of nitrogens with zero attached hydrogens (tertiary/aromatic N) is 3. The second-order valence-electron chi connectivity index (χ2n) is 4.78. The lowest BCUT2D eigenvalue weighted by atomic mass is 10.2. The number of anilines is 1. The molecule has 8 nitrogen and oxygen atoms in total. The molecule has 2 amide bonds. The molecule has 2 heterocycles. The van der Waals surface area contributed by atoms with Crippen LogP contribution in [0, 0.1) is 0 Å². The predicted octanol–water partition coefficient (Wildman–Crippen LogP) is 0.816. The molecular weight excluding hydrogens is 330 g/mol. The summed E-state index contributed by atoms with van der Waals surface area (Å²) in [6.45, 7) is -0.552. The van der Waals surface area contributed by atoms with Gasteiger partial charge in [-0.05, 0) is 12.1 Å². The van der Waals surface area contributed by atoms with Crippen molar-refractivity contribution in [3.05, 3.63) is 47.7 Å². The number of para-hydroxylation sites is 2. The number of benzene rings is 1. The molecule has 0 aliphatic rings. The minimum Gasteiger partial charge on any atom is -0.394 e. The lowest BCUT2D eigenvalue weighted by molar-refractivity contribution is -0.118. The van der Waals surface area contributed by atoms with Crippen molar-refractivity contribution in [3.8, 4) is 0 Å². The molecule has 3 N–H and O–H groups in total. The van der Waals surface area contributed by atoms with Crippen molar-refractivity contribution >= 4 is 39.3 Å². The van der Waals surface area contributed by atoms with E-state index in [1.165, 1.54) is 23.7 Å². The molecule has 0 saturated carbocycles. The van der Waals surface area contributed by atoms with Crippen LogP contribution in [0.4, 0.5) is 5.13 Å². The molecule has 9 heteroatoms. The van der Waals surface area contributed by atoms with E-state index in [2.05, 4.69) is 25.6 Å². The van der Waals surface area contributed by atoms with Crippen LogP contribution >= 0.6 is 11.3 Å². The number of amides is 2. The lowest BCUT2D eigenvalue weighted by Crippen LogP contribution is -2.46. The van der Waals surface area contributed by atoms with Crippen molar-refractivity contribution in [1.29, 1.82) is 0 Å². The zero-order chi connectivity index (χ0) is 16.9. The molecule has 1 aromatic carbocycles. The maximum Gasteiger partial charge on any atom is 0.272 e. The van der Waals surface area contributed by atoms with Gasteiger partial charge in [0.15, 0.2) is 5.13 Å². The van der Waals surface area contributed by atoms with Gasteiger partial charge >= 0.3 is 0 Å². The van der Waals surface area contributed by atoms with Crippen molar-refractivity contribution < 1.29 is 14.7 Å². The van der Waals surface area contributed by atoms with Gasteiger partial charge in [-0.1, -0.05) is 12.1 Å². The molecule has 24 heavy (non-hydrogen) atoms. The molecule has 1 atom stereocenters. The van der Waals surface area contributed by atoms with Gasteiger partial charge in [0, 0.05) is 11.6 Å². The summed E-state index contributed by atoms with van der Waals surface area (Å²) >= 11 is 1.24. The van der Waals surface area contributed by atoms with E-state index in [-0.39, 0.29) is 5.69 Å². The van der Waals surface area contributed by atoms with Crippen LogP contribution in [0.1, 0.15) is 10.5 Å². The number of carbonyl (C=O) groups excluding carboxylic acids is 2. The van der Waals surface area contributed by atoms with Crippen LogP contribution in [0.2, 0.25) is 0 Å². The molecule has 0 fully saturated rings. The Kier molecular flexibility index (Phi) is 4.73. The van der Waals surface area contributed by atoms with Crippen LogP contribution in [0.5, 0.6) is 0 Å². The van der Waals surface area contributed by atoms with Crippen molar-refractivity contribution in [3.63, 3.8) is 0 Å². The van der Waals surface area contributed by atoms with Crippen molar-refractivity contribution in [2.24, 2.45) is 0 Å². The molecule has 122 valence electrons. The van der Waals surface area contributed by atoms with Gasteiger partial charge < -0.3 is 15.7 Å². The summed E-state index contributed by atoms with van der Waals surface area (Å²) in [4.78, 5) is 36.6. The lowest BCUT2D eigenvalue weighted by Gasteiger charge is -2.14. The standard InChI is InChI=1S/C15H13N5O3S/c21-8-12(14(23)20-15-16-5-6-24-15)19-13(22)11-7-17-9-3-1-2-4-10(9)18-11/h1-7,12,21H,8H2,(H,19,22)(H,16,20,23). The Bertz CT molecular complexity index is 868. The van der Waals surface area contributed by atoms with Crippen LogP contribution in [-0.2, 0) is 4.79 Å². The topological polar surface area (TPSA) is 117 Å². The minimum absolute atomic E-state index is 0.0641. The zero-order valence-electron chi connectivity index (χ0n) is 12.3. The third-order valence-electron chi connectivity index (χ3n) is 3.15. The average Bonchev–Trinajstić information content (AvgIpc) is 3.11. The quantitative estimate of drug-likeness (QED) is 0.631. The van der Waals surface area contributed by atoms with Crippen LogP contribution in [0.15, 0.2) is 42.0 Å². The first kappa shape index (κ1) is 16.0. The molecule has 0 saturated heterocycles. The fourth-order valence-electron chi connectivity index (χ4n) is 1.97. The summed E-state index contributed by atoms with van der Waals surface area (Å²) < 4.78 is 0. The second-order valence-corrected chi connectivity index (χ2v) is 5.67.